The number of thiophene rings is 1. The van der Waals surface area contributed by atoms with Gasteiger partial charge in [-0.15, -0.1) is 11.3 Å². The lowest BCUT2D eigenvalue weighted by atomic mass is 10.0. The Morgan fingerprint density at radius 1 is 1.10 bits per heavy atom. The van der Waals surface area contributed by atoms with Crippen molar-refractivity contribution in [1.82, 2.24) is 9.13 Å². The lowest BCUT2D eigenvalue weighted by molar-refractivity contribution is -0.139. The first-order valence-electron chi connectivity index (χ1n) is 12.8. The first kappa shape index (κ1) is 27.5. The molecule has 1 unspecified atom stereocenters. The second kappa shape index (κ2) is 10.9. The van der Waals surface area contributed by atoms with Crippen LogP contribution in [0.3, 0.4) is 0 Å². The number of carbonyl (C=O) groups is 2. The number of carbonyl (C=O) groups excluding carboxylic acids is 2. The van der Waals surface area contributed by atoms with Crippen LogP contribution in [0.5, 0.6) is 0 Å². The van der Waals surface area contributed by atoms with Gasteiger partial charge in [0.15, 0.2) is 4.80 Å². The molecule has 0 fully saturated rings. The van der Waals surface area contributed by atoms with E-state index in [4.69, 9.17) is 9.47 Å². The molecule has 0 aliphatic carbocycles. The maximum atomic E-state index is 13.9. The van der Waals surface area contributed by atoms with Crippen molar-refractivity contribution in [2.45, 2.75) is 40.7 Å². The van der Waals surface area contributed by atoms with Crippen LogP contribution < -0.4 is 14.9 Å². The molecule has 1 aromatic carbocycles. The van der Waals surface area contributed by atoms with E-state index in [1.165, 1.54) is 29.8 Å². The molecule has 8 nitrogen and oxygen atoms in total. The first-order valence-corrected chi connectivity index (χ1v) is 14.5. The molecule has 5 rings (SSSR count). The lowest BCUT2D eigenvalue weighted by Gasteiger charge is -2.23. The Bertz CT molecular complexity index is 1860. The smallest absolute Gasteiger partial charge is 0.338 e. The molecule has 0 N–H and O–H groups in total. The number of hydrogen-bond acceptors (Lipinski definition) is 8. The van der Waals surface area contributed by atoms with Gasteiger partial charge in [-0.05, 0) is 81.5 Å². The molecular weight excluding hydrogens is 546 g/mol. The van der Waals surface area contributed by atoms with Crippen LogP contribution in [0.4, 0.5) is 0 Å². The number of nitrogens with zero attached hydrogens (tertiary/aromatic N) is 3. The standard InChI is InChI=1S/C30H29N3O5S2/c1-7-38-29(36)25-18(4)31-30-33(26(25)23-12-9-13-39-23)27(34)24(40-30)15-20-14-16(2)32(19(20)5)22-11-8-10-21(17(22)3)28(35)37-6/h8-15,26H,7H2,1-6H3. The number of allylic oxidation sites excluding steroid dienone is 1. The topological polar surface area (TPSA) is 91.9 Å². The number of aryl methyl sites for hydroxylation is 1. The third-order valence-corrected chi connectivity index (χ3v) is 8.95. The minimum Gasteiger partial charge on any atom is -0.465 e. The highest BCUT2D eigenvalue weighted by atomic mass is 32.1. The highest BCUT2D eigenvalue weighted by Crippen LogP contribution is 2.33. The number of benzene rings is 1. The first-order chi connectivity index (χ1) is 19.2. The highest BCUT2D eigenvalue weighted by Gasteiger charge is 2.34. The molecule has 4 aromatic rings. The highest BCUT2D eigenvalue weighted by molar-refractivity contribution is 7.10. The van der Waals surface area contributed by atoms with Gasteiger partial charge in [0.05, 0.1) is 35.1 Å². The van der Waals surface area contributed by atoms with Crippen LogP contribution >= 0.6 is 22.7 Å². The Balaban J connectivity index is 1.67. The van der Waals surface area contributed by atoms with Crippen molar-refractivity contribution in [1.29, 1.82) is 0 Å². The summed E-state index contributed by atoms with van der Waals surface area (Å²) < 4.78 is 14.5. The number of ether oxygens (including phenoxy) is 2. The number of aromatic nitrogens is 2. The van der Waals surface area contributed by atoms with Gasteiger partial charge in [0.25, 0.3) is 5.56 Å². The molecule has 10 heteroatoms. The van der Waals surface area contributed by atoms with Crippen LogP contribution in [0.1, 0.15) is 57.6 Å². The maximum Gasteiger partial charge on any atom is 0.338 e. The molecule has 206 valence electrons. The minimum atomic E-state index is -0.603. The summed E-state index contributed by atoms with van der Waals surface area (Å²) in [5.41, 5.74) is 5.64. The molecule has 0 radical (unpaired) electrons. The molecule has 1 aliphatic heterocycles. The van der Waals surface area contributed by atoms with Crippen molar-refractivity contribution < 1.29 is 19.1 Å². The van der Waals surface area contributed by atoms with Crippen LogP contribution in [0.25, 0.3) is 11.8 Å². The Kier molecular flexibility index (Phi) is 7.48. The average molecular weight is 576 g/mol. The van der Waals surface area contributed by atoms with Crippen molar-refractivity contribution in [3.8, 4) is 5.69 Å². The summed E-state index contributed by atoms with van der Waals surface area (Å²) in [6.45, 7) is 9.63. The van der Waals surface area contributed by atoms with E-state index in [0.29, 0.717) is 26.2 Å². The molecular formula is C30H29N3O5S2. The van der Waals surface area contributed by atoms with Crippen LogP contribution in [0.15, 0.2) is 62.8 Å². The average Bonchev–Trinajstić information content (AvgIpc) is 3.63. The third kappa shape index (κ3) is 4.56. The second-order valence-corrected chi connectivity index (χ2v) is 11.4. The molecule has 0 amide bonds. The van der Waals surface area contributed by atoms with E-state index in [1.54, 1.807) is 24.5 Å². The Morgan fingerprint density at radius 3 is 2.55 bits per heavy atom. The van der Waals surface area contributed by atoms with Crippen molar-refractivity contribution in [3.05, 3.63) is 106 Å². The van der Waals surface area contributed by atoms with Gasteiger partial charge in [0.1, 0.15) is 6.04 Å². The van der Waals surface area contributed by atoms with Gasteiger partial charge >= 0.3 is 11.9 Å². The zero-order valence-corrected chi connectivity index (χ0v) is 24.7. The van der Waals surface area contributed by atoms with Crippen LogP contribution in [0, 0.1) is 20.8 Å². The van der Waals surface area contributed by atoms with E-state index in [1.807, 2.05) is 62.6 Å². The van der Waals surface area contributed by atoms with Crippen LogP contribution in [-0.4, -0.2) is 34.8 Å². The van der Waals surface area contributed by atoms with Crippen molar-refractivity contribution in [3.63, 3.8) is 0 Å². The molecule has 0 spiro atoms. The predicted molar refractivity (Wildman–Crippen MR) is 156 cm³/mol. The van der Waals surface area contributed by atoms with E-state index < -0.39 is 12.0 Å². The molecule has 0 bridgehead atoms. The summed E-state index contributed by atoms with van der Waals surface area (Å²) in [5.74, 6) is -0.856. The normalized spacial score (nSPS) is 15.2. The monoisotopic (exact) mass is 575 g/mol. The summed E-state index contributed by atoms with van der Waals surface area (Å²) in [5, 5.41) is 1.93. The largest absolute Gasteiger partial charge is 0.465 e. The Morgan fingerprint density at radius 2 is 1.88 bits per heavy atom. The fourth-order valence-corrected chi connectivity index (χ4v) is 7.01. The van der Waals surface area contributed by atoms with Crippen molar-refractivity contribution >= 4 is 40.7 Å². The van der Waals surface area contributed by atoms with Gasteiger partial charge in [0, 0.05) is 22.0 Å². The number of esters is 2. The van der Waals surface area contributed by atoms with E-state index in [9.17, 15) is 14.4 Å². The van der Waals surface area contributed by atoms with Gasteiger partial charge in [-0.1, -0.05) is 23.5 Å². The fourth-order valence-electron chi connectivity index (χ4n) is 5.15. The molecule has 40 heavy (non-hydrogen) atoms. The number of thiazole rings is 1. The number of methoxy groups -OCH3 is 1. The summed E-state index contributed by atoms with van der Waals surface area (Å²) >= 11 is 2.78. The fraction of sp³-hybridized carbons (Fsp3) is 0.267. The number of fused-ring (bicyclic) bond motifs is 1. The molecule has 1 atom stereocenters. The van der Waals surface area contributed by atoms with E-state index in [0.717, 1.165) is 33.1 Å². The summed E-state index contributed by atoms with van der Waals surface area (Å²) in [7, 11) is 1.37. The van der Waals surface area contributed by atoms with Gasteiger partial charge in [-0.25, -0.2) is 14.6 Å². The van der Waals surface area contributed by atoms with Crippen LogP contribution in [0.2, 0.25) is 0 Å². The van der Waals surface area contributed by atoms with Crippen LogP contribution in [-0.2, 0) is 14.3 Å². The molecule has 4 heterocycles. The van der Waals surface area contributed by atoms with Crippen molar-refractivity contribution in [2.24, 2.45) is 4.99 Å². The third-order valence-electron chi connectivity index (χ3n) is 7.04. The zero-order chi connectivity index (χ0) is 28.7. The van der Waals surface area contributed by atoms with Crippen molar-refractivity contribution in [2.75, 3.05) is 13.7 Å². The molecule has 0 saturated carbocycles. The second-order valence-electron chi connectivity index (χ2n) is 9.42. The quantitative estimate of drug-likeness (QED) is 0.319. The molecule has 0 saturated heterocycles. The lowest BCUT2D eigenvalue weighted by Crippen LogP contribution is -2.39. The van der Waals surface area contributed by atoms with E-state index in [-0.39, 0.29) is 18.1 Å². The number of hydrogen-bond donors (Lipinski definition) is 0. The minimum absolute atomic E-state index is 0.217. The summed E-state index contributed by atoms with van der Waals surface area (Å²) in [6, 6.07) is 10.8. The van der Waals surface area contributed by atoms with Gasteiger partial charge in [-0.3, -0.25) is 9.36 Å². The SMILES string of the molecule is CCOC(=O)C1=C(C)N=c2sc(=Cc3cc(C)n(-c4cccc(C(=O)OC)c4C)c3C)c(=O)n2C1c1cccs1. The Hall–Kier alpha value is -4.02. The van der Waals surface area contributed by atoms with E-state index >= 15 is 0 Å². The maximum absolute atomic E-state index is 13.9. The number of rotatable bonds is 6. The zero-order valence-electron chi connectivity index (χ0n) is 23.1. The van der Waals surface area contributed by atoms with Gasteiger partial charge < -0.3 is 14.0 Å². The van der Waals surface area contributed by atoms with E-state index in [2.05, 4.69) is 9.56 Å². The van der Waals surface area contributed by atoms with Gasteiger partial charge in [0.2, 0.25) is 0 Å². The Labute approximate surface area is 239 Å². The summed E-state index contributed by atoms with van der Waals surface area (Å²) in [4.78, 5) is 45.2. The summed E-state index contributed by atoms with van der Waals surface area (Å²) in [6.07, 6.45) is 1.87. The predicted octanol–water partition coefficient (Wildman–Crippen LogP) is 4.36. The van der Waals surface area contributed by atoms with Gasteiger partial charge in [-0.2, -0.15) is 0 Å². The molecule has 3 aromatic heterocycles. The molecule has 1 aliphatic rings.